The van der Waals surface area contributed by atoms with E-state index in [-0.39, 0.29) is 43.8 Å². The van der Waals surface area contributed by atoms with Crippen LogP contribution in [0.4, 0.5) is 11.4 Å². The Bertz CT molecular complexity index is 1600. The summed E-state index contributed by atoms with van der Waals surface area (Å²) >= 11 is 0. The predicted octanol–water partition coefficient (Wildman–Crippen LogP) is 3.91. The quantitative estimate of drug-likeness (QED) is 0.247. The Balaban J connectivity index is 1.45. The summed E-state index contributed by atoms with van der Waals surface area (Å²) in [7, 11) is -8.07. The van der Waals surface area contributed by atoms with Crippen molar-refractivity contribution in [2.75, 3.05) is 9.44 Å². The van der Waals surface area contributed by atoms with Crippen molar-refractivity contribution in [2.45, 2.75) is 9.79 Å². The van der Waals surface area contributed by atoms with Gasteiger partial charge in [0.05, 0.1) is 9.79 Å². The Kier molecular flexibility index (Phi) is 5.46. The van der Waals surface area contributed by atoms with Gasteiger partial charge in [-0.25, -0.2) is 16.8 Å². The molecule has 36 heavy (non-hydrogen) atoms. The van der Waals surface area contributed by atoms with Crippen LogP contribution in [0.5, 0.6) is 11.5 Å². The molecule has 182 valence electrons. The zero-order valence-electron chi connectivity index (χ0n) is 18.3. The molecule has 0 atom stereocenters. The number of phenolic OH excluding ortho intramolecular Hbond substituents is 2. The normalized spacial score (nSPS) is 12.6. The first kappa shape index (κ1) is 23.4. The molecule has 0 aliphatic heterocycles. The number of benzene rings is 4. The molecule has 1 aliphatic carbocycles. The van der Waals surface area contributed by atoms with Crippen LogP contribution in [0.2, 0.25) is 0 Å². The van der Waals surface area contributed by atoms with E-state index in [1.165, 1.54) is 84.9 Å². The van der Waals surface area contributed by atoms with E-state index in [9.17, 15) is 31.8 Å². The smallest absolute Gasteiger partial charge is 0.261 e. The third-order valence-corrected chi connectivity index (χ3v) is 8.38. The summed E-state index contributed by atoms with van der Waals surface area (Å²) in [6, 6.07) is 19.2. The number of rotatable bonds is 6. The van der Waals surface area contributed by atoms with Gasteiger partial charge < -0.3 is 10.2 Å². The van der Waals surface area contributed by atoms with Crippen LogP contribution >= 0.6 is 0 Å². The molecule has 0 saturated carbocycles. The number of hydrogen-bond donors (Lipinski definition) is 4. The number of anilines is 2. The molecule has 11 heteroatoms. The van der Waals surface area contributed by atoms with Gasteiger partial charge in [0.15, 0.2) is 5.78 Å². The number of hydrogen-bond acceptors (Lipinski definition) is 7. The number of nitrogens with one attached hydrogen (secondary N) is 2. The molecule has 0 unspecified atom stereocenters. The first-order valence-electron chi connectivity index (χ1n) is 10.5. The van der Waals surface area contributed by atoms with E-state index in [0.717, 1.165) is 0 Å². The number of ketones is 1. The van der Waals surface area contributed by atoms with Crippen LogP contribution < -0.4 is 9.44 Å². The Morgan fingerprint density at radius 3 is 1.22 bits per heavy atom. The van der Waals surface area contributed by atoms with Gasteiger partial charge in [-0.3, -0.25) is 14.2 Å². The number of sulfonamides is 2. The lowest BCUT2D eigenvalue weighted by Crippen LogP contribution is -2.14. The highest BCUT2D eigenvalue weighted by Crippen LogP contribution is 2.39. The third kappa shape index (κ3) is 4.25. The second-order valence-corrected chi connectivity index (χ2v) is 11.4. The number of fused-ring (bicyclic) bond motifs is 3. The highest BCUT2D eigenvalue weighted by molar-refractivity contribution is 7.93. The molecule has 9 nitrogen and oxygen atoms in total. The number of carbonyl (C=O) groups is 1. The maximum atomic E-state index is 13.2. The number of carbonyl (C=O) groups excluding carboxylic acids is 1. The zero-order chi connectivity index (χ0) is 25.7. The molecule has 0 heterocycles. The third-order valence-electron chi connectivity index (χ3n) is 5.62. The molecule has 5 rings (SSSR count). The van der Waals surface area contributed by atoms with Crippen LogP contribution in [-0.2, 0) is 20.0 Å². The van der Waals surface area contributed by atoms with Crippen LogP contribution in [0.25, 0.3) is 11.1 Å². The van der Waals surface area contributed by atoms with Gasteiger partial charge >= 0.3 is 0 Å². The van der Waals surface area contributed by atoms with E-state index in [2.05, 4.69) is 9.44 Å². The van der Waals surface area contributed by atoms with Crippen molar-refractivity contribution in [3.63, 3.8) is 0 Å². The summed E-state index contributed by atoms with van der Waals surface area (Å²) in [6.07, 6.45) is 0. The first-order chi connectivity index (χ1) is 17.0. The van der Waals surface area contributed by atoms with Crippen molar-refractivity contribution in [3.05, 3.63) is 96.1 Å². The van der Waals surface area contributed by atoms with Crippen molar-refractivity contribution < 1.29 is 31.8 Å². The van der Waals surface area contributed by atoms with Gasteiger partial charge in [0.25, 0.3) is 20.0 Å². The fourth-order valence-corrected chi connectivity index (χ4v) is 6.03. The van der Waals surface area contributed by atoms with Gasteiger partial charge in [0.1, 0.15) is 11.5 Å². The maximum absolute atomic E-state index is 13.2. The largest absolute Gasteiger partial charge is 0.508 e. The molecule has 0 radical (unpaired) electrons. The van der Waals surface area contributed by atoms with Gasteiger partial charge in [-0.1, -0.05) is 12.1 Å². The maximum Gasteiger partial charge on any atom is 0.261 e. The van der Waals surface area contributed by atoms with Crippen LogP contribution in [0, 0.1) is 0 Å². The van der Waals surface area contributed by atoms with E-state index in [1.54, 1.807) is 0 Å². The van der Waals surface area contributed by atoms with Crippen LogP contribution in [0.15, 0.2) is 94.7 Å². The molecule has 4 N–H and O–H groups in total. The SMILES string of the molecule is O=C1c2cc(S(=O)(=O)Nc3ccc(O)cc3)ccc2-c2ccc(S(=O)(=O)Nc3ccc(O)cc3)cc21. The fourth-order valence-electron chi connectivity index (χ4n) is 3.86. The average Bonchev–Trinajstić information content (AvgIpc) is 3.13. The topological polar surface area (TPSA) is 150 Å². The molecule has 4 aromatic rings. The van der Waals surface area contributed by atoms with Gasteiger partial charge in [-0.05, 0) is 83.9 Å². The minimum Gasteiger partial charge on any atom is -0.508 e. The summed E-state index contributed by atoms with van der Waals surface area (Å²) in [4.78, 5) is 12.9. The second kappa shape index (κ2) is 8.40. The lowest BCUT2D eigenvalue weighted by atomic mass is 10.1. The van der Waals surface area contributed by atoms with E-state index in [4.69, 9.17) is 0 Å². The van der Waals surface area contributed by atoms with E-state index in [0.29, 0.717) is 11.1 Å². The van der Waals surface area contributed by atoms with Gasteiger partial charge in [-0.15, -0.1) is 0 Å². The van der Waals surface area contributed by atoms with Crippen molar-refractivity contribution in [3.8, 4) is 22.6 Å². The zero-order valence-corrected chi connectivity index (χ0v) is 20.0. The first-order valence-corrected chi connectivity index (χ1v) is 13.5. The molecule has 0 spiro atoms. The van der Waals surface area contributed by atoms with Crippen LogP contribution in [0.1, 0.15) is 15.9 Å². The Morgan fingerprint density at radius 1 is 0.500 bits per heavy atom. The van der Waals surface area contributed by atoms with Gasteiger partial charge in [0.2, 0.25) is 0 Å². The summed E-state index contributed by atoms with van der Waals surface area (Å²) in [5.74, 6) is -0.527. The number of aromatic hydroxyl groups is 2. The van der Waals surface area contributed by atoms with Crippen LogP contribution in [-0.4, -0.2) is 32.8 Å². The highest BCUT2D eigenvalue weighted by Gasteiger charge is 2.30. The van der Waals surface area contributed by atoms with E-state index >= 15 is 0 Å². The summed E-state index contributed by atoms with van der Waals surface area (Å²) in [5.41, 5.74) is 1.74. The molecule has 0 amide bonds. The predicted molar refractivity (Wildman–Crippen MR) is 133 cm³/mol. The molecule has 0 bridgehead atoms. The van der Waals surface area contributed by atoms with Gasteiger partial charge in [-0.2, -0.15) is 0 Å². The van der Waals surface area contributed by atoms with E-state index in [1.807, 2.05) is 0 Å². The molecule has 0 fully saturated rings. The lowest BCUT2D eigenvalue weighted by Gasteiger charge is -2.10. The Hall–Kier alpha value is -4.35. The number of phenols is 2. The molecular formula is C25H18N2O7S2. The standard InChI is InChI=1S/C25H18N2O7S2/c28-17-5-1-15(2-6-17)26-35(31,32)19-9-11-21-22-12-10-20(14-24(22)25(30)23(21)13-19)36(33,34)27-16-3-7-18(29)8-4-16/h1-14,26-29H. The molecule has 4 aromatic carbocycles. The molecular weight excluding hydrogens is 504 g/mol. The average molecular weight is 523 g/mol. The van der Waals surface area contributed by atoms with Crippen molar-refractivity contribution in [2.24, 2.45) is 0 Å². The summed E-state index contributed by atoms with van der Waals surface area (Å²) in [6.45, 7) is 0. The second-order valence-electron chi connectivity index (χ2n) is 8.05. The molecule has 0 saturated heterocycles. The Labute approximate surface area is 206 Å². The van der Waals surface area contributed by atoms with Gasteiger partial charge in [0, 0.05) is 22.5 Å². The summed E-state index contributed by atoms with van der Waals surface area (Å²) < 4.78 is 56.2. The minimum absolute atomic E-state index is 0.0153. The molecule has 0 aromatic heterocycles. The Morgan fingerprint density at radius 2 is 0.861 bits per heavy atom. The minimum atomic E-state index is -4.04. The summed E-state index contributed by atoms with van der Waals surface area (Å²) in [5, 5.41) is 18.8. The highest BCUT2D eigenvalue weighted by atomic mass is 32.2. The fraction of sp³-hybridized carbons (Fsp3) is 0. The lowest BCUT2D eigenvalue weighted by molar-refractivity contribution is 0.104. The van der Waals surface area contributed by atoms with Crippen LogP contribution in [0.3, 0.4) is 0 Å². The monoisotopic (exact) mass is 522 g/mol. The van der Waals surface area contributed by atoms with Crippen molar-refractivity contribution >= 4 is 37.2 Å². The van der Waals surface area contributed by atoms with Crippen molar-refractivity contribution in [1.29, 1.82) is 0 Å². The molecule has 1 aliphatic rings. The van der Waals surface area contributed by atoms with Crippen molar-refractivity contribution in [1.82, 2.24) is 0 Å². The van der Waals surface area contributed by atoms with E-state index < -0.39 is 25.8 Å².